The van der Waals surface area contributed by atoms with E-state index >= 15 is 0 Å². The quantitative estimate of drug-likeness (QED) is 0.00872. The number of ether oxygens (including phenoxy) is 3. The average molecular weight is 1910 g/mol. The van der Waals surface area contributed by atoms with Crippen molar-refractivity contribution < 1.29 is 78.3 Å². The number of esters is 1. The molecule has 0 radical (unpaired) electrons. The molecule has 0 fully saturated rings. The Hall–Kier alpha value is -15.5. The van der Waals surface area contributed by atoms with Crippen molar-refractivity contribution in [2.45, 2.75) is 157 Å². The van der Waals surface area contributed by atoms with Gasteiger partial charge in [-0.3, -0.25) is 19.2 Å². The van der Waals surface area contributed by atoms with Crippen LogP contribution >= 0.6 is 0 Å². The van der Waals surface area contributed by atoms with Crippen molar-refractivity contribution >= 4 is 24.2 Å². The highest BCUT2D eigenvalue weighted by molar-refractivity contribution is 5.70. The Morgan fingerprint density at radius 1 is 0.396 bits per heavy atom. The van der Waals surface area contributed by atoms with Crippen LogP contribution in [0, 0.1) is 52.4 Å². The van der Waals surface area contributed by atoms with E-state index in [2.05, 4.69) is 70.9 Å². The molecule has 7 heterocycles. The van der Waals surface area contributed by atoms with Crippen LogP contribution in [0.1, 0.15) is 139 Å². The number of rotatable bonds is 28. The normalized spacial score (nSPS) is 11.2. The van der Waals surface area contributed by atoms with Gasteiger partial charge in [0.05, 0.1) is 43.4 Å². The number of halogens is 9. The number of carbonyl (C=O) groups excluding carboxylic acids is 3. The van der Waals surface area contributed by atoms with Gasteiger partial charge in [0.2, 0.25) is 0 Å². The maximum Gasteiger partial charge on any atom is 0.407 e. The van der Waals surface area contributed by atoms with Crippen molar-refractivity contribution in [2.24, 2.45) is 5.73 Å². The van der Waals surface area contributed by atoms with Crippen molar-refractivity contribution in [2.75, 3.05) is 19.6 Å². The second kappa shape index (κ2) is 50.4. The van der Waals surface area contributed by atoms with Crippen LogP contribution in [0.25, 0.3) is 85.4 Å². The number of aliphatic hydroxyl groups is 2. The van der Waals surface area contributed by atoms with Crippen LogP contribution in [0.3, 0.4) is 0 Å². The molecule has 2 amide bonds. The van der Waals surface area contributed by atoms with E-state index in [1.165, 1.54) is 35.0 Å². The number of nitrogens with zero attached hydrogens (tertiary/aromatic N) is 13. The summed E-state index contributed by atoms with van der Waals surface area (Å²) in [6, 6.07) is 42.1. The number of aryl methyl sites for hydroxylation is 3. The predicted octanol–water partition coefficient (Wildman–Crippen LogP) is 17.7. The van der Waals surface area contributed by atoms with Gasteiger partial charge in [0, 0.05) is 132 Å². The molecule has 0 aliphatic rings. The fourth-order valence-corrected chi connectivity index (χ4v) is 12.8. The second-order valence-corrected chi connectivity index (χ2v) is 34.2. The summed E-state index contributed by atoms with van der Waals surface area (Å²) in [5, 5.41) is 37.9. The second-order valence-electron chi connectivity index (χ2n) is 34.2. The van der Waals surface area contributed by atoms with Gasteiger partial charge in [-0.15, -0.1) is 0 Å². The fourth-order valence-electron chi connectivity index (χ4n) is 12.8. The molecule has 37 heteroatoms. The number of hydrogen-bond donors (Lipinski definition) is 6. The van der Waals surface area contributed by atoms with E-state index in [4.69, 9.17) is 19.9 Å². The van der Waals surface area contributed by atoms with Crippen LogP contribution in [-0.2, 0) is 64.6 Å². The molecule has 0 atom stereocenters. The molecule has 0 aliphatic carbocycles. The first-order chi connectivity index (χ1) is 66.2. The number of hydrogen-bond acceptors (Lipinski definition) is 23. The van der Waals surface area contributed by atoms with Gasteiger partial charge in [0.15, 0.2) is 75.7 Å². The Balaban J connectivity index is 0.000000184. The first kappa shape index (κ1) is 106. The van der Waals surface area contributed by atoms with Gasteiger partial charge in [0.1, 0.15) is 16.8 Å². The summed E-state index contributed by atoms with van der Waals surface area (Å²) in [5.41, 5.74) is 13.5. The van der Waals surface area contributed by atoms with E-state index in [1.54, 1.807) is 67.8 Å². The number of aromatic nitrogens is 14. The number of carbonyl (C=O) groups is 3. The van der Waals surface area contributed by atoms with Gasteiger partial charge in [-0.1, -0.05) is 84.9 Å². The standard InChI is InChI=1S/C30H29F3N4O3.C24H20F3N5O.C19H25N3O3.C19H23N3O3.C10H5F3N2O/c1-30(2,3)40-27(39)10-5-4-7-20-16-34-29(35-17-20)21-9-6-8-19(13-21)18-37-26(38)12-11-25(36-37)22-14-23(31)28(33)24(32)15-22;25-19-10-18(11-20(26)23(19)27)21-6-7-22(33)32(31-21)14-15-3-1-5-17(9-15)24-29-12-16(13-30-24)4-2-8-28;2*1-19(2,3)25-18(24)20-9-5-7-15-11-21-17(22-12-15)16-8-4-6-14(10-16)13-23;11-6-3-5(4-7(12)10(6)13)8-1-2-9(16)15-14-8/h6,8-9,11-17H,4-5,7,10,18H2,1-3H3;1,3,5-7,9-13H,2,4,8,14,28H2;4,6,8,10-12,23H,5,7,9,13H2,1-3H3,(H,20,24);4-8,10-12,23H,9,13H2,1-3H3,(H,20,24);1-4H,(H,15,16)/b;;;7-5+;. The third-order valence-electron chi connectivity index (χ3n) is 19.4. The van der Waals surface area contributed by atoms with Gasteiger partial charge in [-0.2, -0.15) is 15.3 Å². The van der Waals surface area contributed by atoms with Crippen LogP contribution in [0.2, 0.25) is 0 Å². The van der Waals surface area contributed by atoms with Gasteiger partial charge < -0.3 is 40.8 Å². The number of nitrogens with one attached hydrogen (secondary N) is 3. The van der Waals surface area contributed by atoms with Crippen LogP contribution in [0.4, 0.5) is 49.1 Å². The van der Waals surface area contributed by atoms with Gasteiger partial charge >= 0.3 is 18.2 Å². The molecule has 724 valence electrons. The number of alkyl carbamates (subject to hydrolysis) is 2. The highest BCUT2D eigenvalue weighted by Crippen LogP contribution is 2.28. The van der Waals surface area contributed by atoms with Crippen molar-refractivity contribution in [1.82, 2.24) is 80.3 Å². The third-order valence-corrected chi connectivity index (χ3v) is 19.4. The summed E-state index contributed by atoms with van der Waals surface area (Å²) in [4.78, 5) is 106. The van der Waals surface area contributed by atoms with E-state index in [0.717, 1.165) is 152 Å². The molecule has 0 saturated heterocycles. The van der Waals surface area contributed by atoms with Crippen LogP contribution in [0.15, 0.2) is 240 Å². The van der Waals surface area contributed by atoms with E-state index in [0.29, 0.717) is 55.8 Å². The third kappa shape index (κ3) is 34.1. The summed E-state index contributed by atoms with van der Waals surface area (Å²) in [7, 11) is 0. The monoisotopic (exact) mass is 1910 g/mol. The number of amides is 2. The molecule has 139 heavy (non-hydrogen) atoms. The molecule has 28 nitrogen and oxygen atoms in total. The minimum atomic E-state index is -1.57. The first-order valence-electron chi connectivity index (χ1n) is 43.8. The van der Waals surface area contributed by atoms with Crippen LogP contribution in [-0.4, -0.2) is 134 Å². The van der Waals surface area contributed by atoms with Crippen LogP contribution in [0.5, 0.6) is 0 Å². The Morgan fingerprint density at radius 3 is 1.11 bits per heavy atom. The topological polar surface area (TPSA) is 388 Å². The maximum atomic E-state index is 13.7. The van der Waals surface area contributed by atoms with Crippen molar-refractivity contribution in [1.29, 1.82) is 0 Å². The van der Waals surface area contributed by atoms with Crippen molar-refractivity contribution in [3.05, 3.63) is 353 Å². The number of nitrogens with two attached hydrogens (primary N) is 1. The zero-order chi connectivity index (χ0) is 101. The molecular formula is C102H102F9N17O11. The van der Waals surface area contributed by atoms with E-state index in [9.17, 15) is 78.5 Å². The van der Waals surface area contributed by atoms with Gasteiger partial charge in [0.25, 0.3) is 16.7 Å². The van der Waals surface area contributed by atoms with Crippen molar-refractivity contribution in [3.63, 3.8) is 0 Å². The maximum absolute atomic E-state index is 13.7. The van der Waals surface area contributed by atoms with Crippen molar-refractivity contribution in [3.8, 4) is 79.3 Å². The lowest BCUT2D eigenvalue weighted by Crippen LogP contribution is -2.33. The lowest BCUT2D eigenvalue weighted by molar-refractivity contribution is -0.154. The summed E-state index contributed by atoms with van der Waals surface area (Å²) >= 11 is 0. The number of unbranched alkanes of at least 4 members (excludes halogenated alkanes) is 1. The van der Waals surface area contributed by atoms with Crippen LogP contribution < -0.4 is 33.0 Å². The summed E-state index contributed by atoms with van der Waals surface area (Å²) in [6.07, 6.45) is 22.6. The Labute approximate surface area is 793 Å². The van der Waals surface area contributed by atoms with E-state index < -0.39 is 98.0 Å². The zero-order valence-corrected chi connectivity index (χ0v) is 77.4. The minimum absolute atomic E-state index is 0.00340. The van der Waals surface area contributed by atoms with E-state index in [-0.39, 0.29) is 66.0 Å². The largest absolute Gasteiger partial charge is 0.460 e. The summed E-state index contributed by atoms with van der Waals surface area (Å²) < 4.78 is 138. The van der Waals surface area contributed by atoms with Gasteiger partial charge in [-0.05, 0) is 232 Å². The summed E-state index contributed by atoms with van der Waals surface area (Å²) in [6.45, 7) is 18.2. The molecular weight excluding hydrogens is 1810 g/mol. The molecule has 0 saturated carbocycles. The average Bonchev–Trinajstić information content (AvgIpc) is 0.817. The Kier molecular flexibility index (Phi) is 38.2. The lowest BCUT2D eigenvalue weighted by atomic mass is 10.1. The molecule has 7 N–H and O–H groups in total. The smallest absolute Gasteiger partial charge is 0.407 e. The highest BCUT2D eigenvalue weighted by Gasteiger charge is 2.22. The number of aromatic amines is 1. The molecule has 7 aromatic carbocycles. The first-order valence-corrected chi connectivity index (χ1v) is 43.8. The lowest BCUT2D eigenvalue weighted by Gasteiger charge is -2.19. The highest BCUT2D eigenvalue weighted by atomic mass is 19.2. The number of H-pyrrole nitrogens is 1. The number of benzene rings is 7. The molecule has 0 unspecified atom stereocenters. The molecule has 7 aromatic heterocycles. The SMILES string of the molecule is CC(C)(C)OC(=O)CCCCc1cnc(-c2cccc(Cn3nc(-c4cc(F)c(F)c(F)c4)ccc3=O)c2)nc1.CC(C)(C)OC(=O)NC/C=C/c1cnc(-c2cccc(CO)c2)nc1.CC(C)(C)OC(=O)NCCCc1cnc(-c2cccc(CO)c2)nc1.NCCCc1cnc(-c2cccc(Cn3nc(-c4cc(F)c(F)c(F)c4)ccc3=O)c2)nc1.O=c1ccc(-c2cc(F)c(F)c(F)c2)n[nH]1. The Bertz CT molecular complexity index is 6650. The minimum Gasteiger partial charge on any atom is -0.460 e. The van der Waals surface area contributed by atoms with Gasteiger partial charge in [-0.25, -0.2) is 103 Å². The summed E-state index contributed by atoms with van der Waals surface area (Å²) in [5.74, 6) is -10.5. The zero-order valence-electron chi connectivity index (χ0n) is 77.4. The molecule has 0 spiro atoms. The predicted molar refractivity (Wildman–Crippen MR) is 504 cm³/mol. The molecule has 14 aromatic rings. The molecule has 0 aliphatic heterocycles. The Morgan fingerprint density at radius 2 is 0.741 bits per heavy atom. The fraction of sp³-hybridized carbons (Fsp3) is 0.265. The molecule has 0 bridgehead atoms. The molecule has 14 rings (SSSR count). The number of aliphatic hydroxyl groups excluding tert-OH is 2. The van der Waals surface area contributed by atoms with E-state index in [1.807, 2.05) is 153 Å².